The average Bonchev–Trinajstić information content (AvgIpc) is 2.61. The van der Waals surface area contributed by atoms with Gasteiger partial charge in [-0.3, -0.25) is 4.68 Å². The van der Waals surface area contributed by atoms with Gasteiger partial charge in [0.25, 0.3) is 0 Å². The molecule has 0 saturated heterocycles. The highest BCUT2D eigenvalue weighted by atomic mass is 79.9. The van der Waals surface area contributed by atoms with Gasteiger partial charge >= 0.3 is 0 Å². The second-order valence-corrected chi connectivity index (χ2v) is 5.57. The summed E-state index contributed by atoms with van der Waals surface area (Å²) in [5.41, 5.74) is 1.46. The lowest BCUT2D eigenvalue weighted by Crippen LogP contribution is -2.11. The number of aromatic nitrogens is 2. The van der Waals surface area contributed by atoms with Crippen LogP contribution in [0.1, 0.15) is 28.6 Å². The number of nitrogens with zero attached hydrogens (tertiary/aromatic N) is 2. The van der Waals surface area contributed by atoms with E-state index in [9.17, 15) is 13.9 Å². The molecule has 0 aliphatic heterocycles. The van der Waals surface area contributed by atoms with E-state index < -0.39 is 17.7 Å². The lowest BCUT2D eigenvalue weighted by Gasteiger charge is -2.14. The van der Waals surface area contributed by atoms with Crippen LogP contribution in [-0.4, -0.2) is 14.9 Å². The number of hydrogen-bond acceptors (Lipinski definition) is 2. The number of aryl methyl sites for hydroxylation is 3. The van der Waals surface area contributed by atoms with Crippen molar-refractivity contribution < 1.29 is 13.9 Å². The zero-order chi connectivity index (χ0) is 15.0. The molecule has 0 aliphatic carbocycles. The first-order valence-corrected chi connectivity index (χ1v) is 6.92. The van der Waals surface area contributed by atoms with Gasteiger partial charge in [0.15, 0.2) is 0 Å². The number of aliphatic hydroxyl groups is 1. The van der Waals surface area contributed by atoms with Crippen molar-refractivity contribution in [3.63, 3.8) is 0 Å². The van der Waals surface area contributed by atoms with Crippen molar-refractivity contribution >= 4 is 15.9 Å². The summed E-state index contributed by atoms with van der Waals surface area (Å²) in [7, 11) is 1.72. The molecule has 3 nitrogen and oxygen atoms in total. The summed E-state index contributed by atoms with van der Waals surface area (Å²) >= 11 is 3.37. The van der Waals surface area contributed by atoms with Crippen LogP contribution in [-0.2, 0) is 13.5 Å². The van der Waals surface area contributed by atoms with Crippen molar-refractivity contribution in [1.82, 2.24) is 9.78 Å². The summed E-state index contributed by atoms with van der Waals surface area (Å²) in [6.45, 7) is 3.35. The van der Waals surface area contributed by atoms with Gasteiger partial charge in [0.2, 0.25) is 0 Å². The van der Waals surface area contributed by atoms with Gasteiger partial charge in [-0.25, -0.2) is 8.78 Å². The predicted molar refractivity (Wildman–Crippen MR) is 75.4 cm³/mol. The van der Waals surface area contributed by atoms with Crippen LogP contribution in [0.3, 0.4) is 0 Å². The SMILES string of the molecule is Cc1ccc(F)c(C(O)Cc2c(Br)c(C)nn2C)c1F. The van der Waals surface area contributed by atoms with Crippen molar-refractivity contribution in [2.75, 3.05) is 0 Å². The molecule has 0 amide bonds. The first-order chi connectivity index (χ1) is 9.32. The minimum absolute atomic E-state index is 0.0786. The summed E-state index contributed by atoms with van der Waals surface area (Å²) in [5, 5.41) is 14.4. The summed E-state index contributed by atoms with van der Waals surface area (Å²) in [5.74, 6) is -1.44. The van der Waals surface area contributed by atoms with Gasteiger partial charge in [-0.2, -0.15) is 5.10 Å². The second-order valence-electron chi connectivity index (χ2n) is 4.78. The zero-order valence-corrected chi connectivity index (χ0v) is 13.0. The van der Waals surface area contributed by atoms with Crippen LogP contribution in [0.25, 0.3) is 0 Å². The Balaban J connectivity index is 2.38. The smallest absolute Gasteiger partial charge is 0.134 e. The molecule has 1 aromatic heterocycles. The van der Waals surface area contributed by atoms with Gasteiger partial charge < -0.3 is 5.11 Å². The highest BCUT2D eigenvalue weighted by molar-refractivity contribution is 9.10. The van der Waals surface area contributed by atoms with Crippen LogP contribution in [0.2, 0.25) is 0 Å². The molecule has 1 N–H and O–H groups in total. The van der Waals surface area contributed by atoms with Gasteiger partial charge in [-0.05, 0) is 41.4 Å². The van der Waals surface area contributed by atoms with Crippen molar-refractivity contribution in [3.8, 4) is 0 Å². The normalized spacial score (nSPS) is 12.8. The van der Waals surface area contributed by atoms with Crippen LogP contribution in [0.5, 0.6) is 0 Å². The van der Waals surface area contributed by atoms with E-state index in [-0.39, 0.29) is 12.0 Å². The van der Waals surface area contributed by atoms with Crippen molar-refractivity contribution in [2.24, 2.45) is 7.05 Å². The number of hydrogen-bond donors (Lipinski definition) is 1. The zero-order valence-electron chi connectivity index (χ0n) is 11.4. The molecule has 0 saturated carbocycles. The van der Waals surface area contributed by atoms with E-state index in [1.807, 2.05) is 6.92 Å². The fourth-order valence-corrected chi connectivity index (χ4v) is 2.67. The molecule has 0 fully saturated rings. The van der Waals surface area contributed by atoms with E-state index in [4.69, 9.17) is 0 Å². The van der Waals surface area contributed by atoms with Crippen molar-refractivity contribution in [2.45, 2.75) is 26.4 Å². The van der Waals surface area contributed by atoms with Gasteiger partial charge in [0.05, 0.1) is 27.5 Å². The quantitative estimate of drug-likeness (QED) is 0.927. The molecule has 2 rings (SSSR count). The third-order valence-corrected chi connectivity index (χ3v) is 4.33. The maximum atomic E-state index is 14.0. The molecular formula is C14H15BrF2N2O. The van der Waals surface area contributed by atoms with Gasteiger partial charge in [-0.15, -0.1) is 0 Å². The van der Waals surface area contributed by atoms with E-state index >= 15 is 0 Å². The number of aliphatic hydroxyl groups excluding tert-OH is 1. The Bertz CT molecular complexity index is 655. The molecule has 108 valence electrons. The summed E-state index contributed by atoms with van der Waals surface area (Å²) in [6, 6.07) is 2.52. The Kier molecular flexibility index (Phi) is 4.25. The molecule has 0 radical (unpaired) electrons. The second kappa shape index (κ2) is 5.61. The molecule has 0 bridgehead atoms. The first-order valence-electron chi connectivity index (χ1n) is 6.13. The standard InChI is InChI=1S/C14H15BrF2N2O/c1-7-4-5-9(16)12(14(7)17)11(20)6-10-13(15)8(2)18-19(10)3/h4-5,11,20H,6H2,1-3H3. The van der Waals surface area contributed by atoms with Gasteiger partial charge in [0, 0.05) is 13.5 Å². The molecule has 1 heterocycles. The van der Waals surface area contributed by atoms with E-state index in [1.54, 1.807) is 11.7 Å². The maximum absolute atomic E-state index is 14.0. The topological polar surface area (TPSA) is 38.1 Å². The third kappa shape index (κ3) is 2.62. The Morgan fingerprint density at radius 1 is 1.35 bits per heavy atom. The van der Waals surface area contributed by atoms with Gasteiger partial charge in [-0.1, -0.05) is 6.07 Å². The highest BCUT2D eigenvalue weighted by Gasteiger charge is 2.23. The Morgan fingerprint density at radius 2 is 2.00 bits per heavy atom. The molecule has 6 heteroatoms. The molecule has 1 unspecified atom stereocenters. The molecule has 0 spiro atoms. The summed E-state index contributed by atoms with van der Waals surface area (Å²) in [4.78, 5) is 0. The van der Waals surface area contributed by atoms with Crippen LogP contribution in [0, 0.1) is 25.5 Å². The molecule has 1 aromatic carbocycles. The van der Waals surface area contributed by atoms with Crippen molar-refractivity contribution in [3.05, 3.63) is 50.8 Å². The Morgan fingerprint density at radius 3 is 2.55 bits per heavy atom. The van der Waals surface area contributed by atoms with Crippen LogP contribution in [0.15, 0.2) is 16.6 Å². The molecule has 20 heavy (non-hydrogen) atoms. The lowest BCUT2D eigenvalue weighted by molar-refractivity contribution is 0.165. The first kappa shape index (κ1) is 15.1. The lowest BCUT2D eigenvalue weighted by atomic mass is 10.0. The van der Waals surface area contributed by atoms with Crippen molar-refractivity contribution in [1.29, 1.82) is 0 Å². The largest absolute Gasteiger partial charge is 0.388 e. The molecule has 0 aliphatic rings. The third-order valence-electron chi connectivity index (χ3n) is 3.30. The number of rotatable bonds is 3. The minimum Gasteiger partial charge on any atom is -0.388 e. The number of benzene rings is 1. The predicted octanol–water partition coefficient (Wildman–Crippen LogP) is 3.35. The van der Waals surface area contributed by atoms with E-state index in [0.29, 0.717) is 11.3 Å². The summed E-state index contributed by atoms with van der Waals surface area (Å²) in [6.07, 6.45) is -1.18. The molecular weight excluding hydrogens is 330 g/mol. The average molecular weight is 345 g/mol. The van der Waals surface area contributed by atoms with Crippen LogP contribution < -0.4 is 0 Å². The summed E-state index contributed by atoms with van der Waals surface area (Å²) < 4.78 is 30.1. The van der Waals surface area contributed by atoms with Gasteiger partial charge in [0.1, 0.15) is 11.6 Å². The fourth-order valence-electron chi connectivity index (χ4n) is 2.17. The minimum atomic E-state index is -1.26. The van der Waals surface area contributed by atoms with E-state index in [0.717, 1.165) is 10.2 Å². The monoisotopic (exact) mass is 344 g/mol. The Hall–Kier alpha value is -1.27. The van der Waals surface area contributed by atoms with Crippen LogP contribution in [0.4, 0.5) is 8.78 Å². The van der Waals surface area contributed by atoms with Crippen LogP contribution >= 0.6 is 15.9 Å². The van der Waals surface area contributed by atoms with E-state index in [1.165, 1.54) is 19.1 Å². The maximum Gasteiger partial charge on any atom is 0.134 e. The fraction of sp³-hybridized carbons (Fsp3) is 0.357. The molecule has 2 aromatic rings. The highest BCUT2D eigenvalue weighted by Crippen LogP contribution is 2.29. The Labute approximate surface area is 124 Å². The molecule has 1 atom stereocenters. The number of halogens is 3. The van der Waals surface area contributed by atoms with E-state index in [2.05, 4.69) is 21.0 Å².